The molecular weight excluding hydrogens is 202 g/mol. The van der Waals surface area contributed by atoms with Crippen molar-refractivity contribution in [3.05, 3.63) is 24.3 Å². The average molecular weight is 221 g/mol. The lowest BCUT2D eigenvalue weighted by molar-refractivity contribution is 0.170. The van der Waals surface area contributed by atoms with Gasteiger partial charge in [0.05, 0.1) is 5.54 Å². The van der Waals surface area contributed by atoms with E-state index in [-0.39, 0.29) is 11.3 Å². The molecule has 0 saturated heterocycles. The maximum absolute atomic E-state index is 9.56. The zero-order valence-corrected chi connectivity index (χ0v) is 9.48. The van der Waals surface area contributed by atoms with Gasteiger partial charge in [-0.3, -0.25) is 0 Å². The van der Waals surface area contributed by atoms with Gasteiger partial charge < -0.3 is 15.6 Å². The van der Waals surface area contributed by atoms with Crippen LogP contribution in [0.1, 0.15) is 32.1 Å². The number of phenols is 1. The molecule has 2 rings (SSSR count). The second-order valence-electron chi connectivity index (χ2n) is 4.68. The third kappa shape index (κ3) is 2.67. The minimum Gasteiger partial charge on any atom is -0.504 e. The summed E-state index contributed by atoms with van der Waals surface area (Å²) in [5, 5.41) is 9.56. The highest BCUT2D eigenvalue weighted by molar-refractivity contribution is 5.37. The Kier molecular flexibility index (Phi) is 3.34. The molecule has 0 amide bonds. The Bertz CT molecular complexity index is 346. The van der Waals surface area contributed by atoms with Crippen LogP contribution in [0.2, 0.25) is 0 Å². The molecule has 1 aromatic rings. The van der Waals surface area contributed by atoms with E-state index >= 15 is 0 Å². The number of aromatic hydroxyl groups is 1. The molecular formula is C13H19NO2. The normalized spacial score (nSPS) is 19.3. The summed E-state index contributed by atoms with van der Waals surface area (Å²) < 4.78 is 5.60. The average Bonchev–Trinajstić information content (AvgIpc) is 2.29. The molecule has 1 saturated carbocycles. The van der Waals surface area contributed by atoms with Crippen LogP contribution in [0.3, 0.4) is 0 Å². The first kappa shape index (κ1) is 11.3. The summed E-state index contributed by atoms with van der Waals surface area (Å²) in [5.41, 5.74) is 6.04. The molecule has 0 spiro atoms. The Labute approximate surface area is 96.2 Å². The van der Waals surface area contributed by atoms with Crippen LogP contribution in [0, 0.1) is 0 Å². The molecule has 0 aliphatic heterocycles. The second-order valence-corrected chi connectivity index (χ2v) is 4.68. The third-order valence-electron chi connectivity index (χ3n) is 3.23. The molecule has 88 valence electrons. The van der Waals surface area contributed by atoms with Crippen LogP contribution in [0.25, 0.3) is 0 Å². The first-order valence-electron chi connectivity index (χ1n) is 5.89. The zero-order valence-electron chi connectivity index (χ0n) is 9.48. The van der Waals surface area contributed by atoms with E-state index in [0.717, 1.165) is 12.8 Å². The monoisotopic (exact) mass is 221 g/mol. The smallest absolute Gasteiger partial charge is 0.161 e. The summed E-state index contributed by atoms with van der Waals surface area (Å²) in [6, 6.07) is 7.01. The van der Waals surface area contributed by atoms with Gasteiger partial charge in [-0.25, -0.2) is 0 Å². The van der Waals surface area contributed by atoms with Gasteiger partial charge in [0.1, 0.15) is 6.61 Å². The van der Waals surface area contributed by atoms with Crippen molar-refractivity contribution in [1.29, 1.82) is 0 Å². The Hall–Kier alpha value is -1.22. The van der Waals surface area contributed by atoms with Crippen molar-refractivity contribution < 1.29 is 9.84 Å². The molecule has 16 heavy (non-hydrogen) atoms. The lowest BCUT2D eigenvalue weighted by atomic mass is 9.83. The van der Waals surface area contributed by atoms with Gasteiger partial charge in [-0.2, -0.15) is 0 Å². The quantitative estimate of drug-likeness (QED) is 0.824. The van der Waals surface area contributed by atoms with E-state index < -0.39 is 0 Å². The number of benzene rings is 1. The van der Waals surface area contributed by atoms with Crippen LogP contribution < -0.4 is 10.5 Å². The molecule has 0 radical (unpaired) electrons. The van der Waals surface area contributed by atoms with Crippen molar-refractivity contribution >= 4 is 0 Å². The number of para-hydroxylation sites is 2. The number of hydrogen-bond acceptors (Lipinski definition) is 3. The third-order valence-corrected chi connectivity index (χ3v) is 3.23. The molecule has 0 heterocycles. The van der Waals surface area contributed by atoms with Crippen LogP contribution in [0.5, 0.6) is 11.5 Å². The molecule has 3 nitrogen and oxygen atoms in total. The Balaban J connectivity index is 1.94. The summed E-state index contributed by atoms with van der Waals surface area (Å²) in [5.74, 6) is 0.708. The number of rotatable bonds is 3. The number of nitrogens with two attached hydrogens (primary N) is 1. The molecule has 3 N–H and O–H groups in total. The lowest BCUT2D eigenvalue weighted by Gasteiger charge is -2.33. The summed E-state index contributed by atoms with van der Waals surface area (Å²) in [7, 11) is 0. The molecule has 0 aromatic heterocycles. The van der Waals surface area contributed by atoms with Crippen molar-refractivity contribution in [3.63, 3.8) is 0 Å². The maximum Gasteiger partial charge on any atom is 0.161 e. The maximum atomic E-state index is 9.56. The standard InChI is InChI=1S/C13H19NO2/c14-13(8-4-1-5-9-13)10-16-12-7-3-2-6-11(12)15/h2-3,6-7,15H,1,4-5,8-10,14H2. The fourth-order valence-corrected chi connectivity index (χ4v) is 2.20. The predicted octanol–water partition coefficient (Wildman–Crippen LogP) is 2.43. The van der Waals surface area contributed by atoms with Gasteiger partial charge in [0.15, 0.2) is 11.5 Å². The van der Waals surface area contributed by atoms with Crippen molar-refractivity contribution in [2.45, 2.75) is 37.6 Å². The highest BCUT2D eigenvalue weighted by Gasteiger charge is 2.28. The van der Waals surface area contributed by atoms with Gasteiger partial charge in [0.2, 0.25) is 0 Å². The molecule has 0 atom stereocenters. The highest BCUT2D eigenvalue weighted by Crippen LogP contribution is 2.29. The number of hydrogen-bond donors (Lipinski definition) is 2. The molecule has 3 heteroatoms. The minimum atomic E-state index is -0.208. The van der Waals surface area contributed by atoms with E-state index in [0.29, 0.717) is 12.4 Å². The summed E-state index contributed by atoms with van der Waals surface area (Å²) >= 11 is 0. The van der Waals surface area contributed by atoms with Gasteiger partial charge in [0, 0.05) is 0 Å². The van der Waals surface area contributed by atoms with Gasteiger partial charge in [-0.1, -0.05) is 31.4 Å². The zero-order chi connectivity index (χ0) is 11.4. The first-order valence-corrected chi connectivity index (χ1v) is 5.89. The fourth-order valence-electron chi connectivity index (χ4n) is 2.20. The predicted molar refractivity (Wildman–Crippen MR) is 63.6 cm³/mol. The SMILES string of the molecule is NC1(COc2ccccc2O)CCCCC1. The summed E-state index contributed by atoms with van der Waals surface area (Å²) in [6.45, 7) is 0.491. The van der Waals surface area contributed by atoms with Crippen LogP contribution in [-0.2, 0) is 0 Å². The van der Waals surface area contributed by atoms with Crippen molar-refractivity contribution in [2.75, 3.05) is 6.61 Å². The van der Waals surface area contributed by atoms with Crippen molar-refractivity contribution in [1.82, 2.24) is 0 Å². The van der Waals surface area contributed by atoms with E-state index in [9.17, 15) is 5.11 Å². The largest absolute Gasteiger partial charge is 0.504 e. The van der Waals surface area contributed by atoms with Gasteiger partial charge in [0.25, 0.3) is 0 Å². The van der Waals surface area contributed by atoms with Gasteiger partial charge >= 0.3 is 0 Å². The number of phenolic OH excluding ortho intramolecular Hbond substituents is 1. The molecule has 1 fully saturated rings. The minimum absolute atomic E-state index is 0.182. The first-order chi connectivity index (χ1) is 7.70. The Morgan fingerprint density at radius 2 is 1.88 bits per heavy atom. The lowest BCUT2D eigenvalue weighted by Crippen LogP contribution is -2.47. The fraction of sp³-hybridized carbons (Fsp3) is 0.538. The van der Waals surface area contributed by atoms with E-state index in [1.807, 2.05) is 6.07 Å². The molecule has 1 aliphatic rings. The highest BCUT2D eigenvalue weighted by atomic mass is 16.5. The van der Waals surface area contributed by atoms with Crippen molar-refractivity contribution in [3.8, 4) is 11.5 Å². The van der Waals surface area contributed by atoms with Crippen LogP contribution >= 0.6 is 0 Å². The van der Waals surface area contributed by atoms with Gasteiger partial charge in [-0.05, 0) is 25.0 Å². The van der Waals surface area contributed by atoms with E-state index in [4.69, 9.17) is 10.5 Å². The van der Waals surface area contributed by atoms with E-state index in [2.05, 4.69) is 0 Å². The van der Waals surface area contributed by atoms with Gasteiger partial charge in [-0.15, -0.1) is 0 Å². The molecule has 1 aliphatic carbocycles. The number of ether oxygens (including phenoxy) is 1. The Morgan fingerprint density at radius 3 is 2.56 bits per heavy atom. The molecule has 0 unspecified atom stereocenters. The van der Waals surface area contributed by atoms with E-state index in [1.165, 1.54) is 19.3 Å². The van der Waals surface area contributed by atoms with Crippen LogP contribution in [0.15, 0.2) is 24.3 Å². The van der Waals surface area contributed by atoms with Crippen molar-refractivity contribution in [2.24, 2.45) is 5.73 Å². The van der Waals surface area contributed by atoms with Crippen LogP contribution in [0.4, 0.5) is 0 Å². The summed E-state index contributed by atoms with van der Waals surface area (Å²) in [4.78, 5) is 0. The Morgan fingerprint density at radius 1 is 1.19 bits per heavy atom. The van der Waals surface area contributed by atoms with Crippen LogP contribution in [-0.4, -0.2) is 17.3 Å². The summed E-state index contributed by atoms with van der Waals surface area (Å²) in [6.07, 6.45) is 5.66. The second kappa shape index (κ2) is 4.74. The topological polar surface area (TPSA) is 55.5 Å². The molecule has 1 aromatic carbocycles. The van der Waals surface area contributed by atoms with E-state index in [1.54, 1.807) is 18.2 Å². The molecule has 0 bridgehead atoms.